The number of thiophene rings is 1. The van der Waals surface area contributed by atoms with Gasteiger partial charge in [0.1, 0.15) is 0 Å². The van der Waals surface area contributed by atoms with Crippen molar-refractivity contribution in [3.8, 4) is 0 Å². The number of ketones is 1. The zero-order valence-corrected chi connectivity index (χ0v) is 14.0. The summed E-state index contributed by atoms with van der Waals surface area (Å²) in [6.07, 6.45) is 0.779. The topological polar surface area (TPSA) is 92.8 Å². The maximum atomic E-state index is 12.0. The average Bonchev–Trinajstić information content (AvgIpc) is 2.94. The minimum Gasteiger partial charge on any atom is -0.374 e. The Morgan fingerprint density at radius 2 is 2.23 bits per heavy atom. The van der Waals surface area contributed by atoms with Crippen LogP contribution in [0.3, 0.4) is 0 Å². The number of carbonyl (C=O) groups is 2. The summed E-state index contributed by atoms with van der Waals surface area (Å²) in [4.78, 5) is 23.7. The molecule has 7 nitrogen and oxygen atoms in total. The van der Waals surface area contributed by atoms with Gasteiger partial charge in [0, 0.05) is 25.0 Å². The number of ether oxygens (including phenoxy) is 1. The number of morpholine rings is 1. The molecule has 1 aliphatic rings. The van der Waals surface area contributed by atoms with Crippen LogP contribution in [0.1, 0.15) is 27.0 Å². The molecule has 1 saturated heterocycles. The van der Waals surface area contributed by atoms with E-state index in [9.17, 15) is 18.0 Å². The van der Waals surface area contributed by atoms with Gasteiger partial charge >= 0.3 is 0 Å². The molecule has 0 aliphatic carbocycles. The lowest BCUT2D eigenvalue weighted by atomic mass is 10.2. The molecule has 1 unspecified atom stereocenters. The van der Waals surface area contributed by atoms with Crippen LogP contribution in [0.5, 0.6) is 0 Å². The second-order valence-corrected chi connectivity index (χ2v) is 7.97. The number of amides is 1. The van der Waals surface area contributed by atoms with E-state index in [4.69, 9.17) is 4.74 Å². The first kappa shape index (κ1) is 17.1. The summed E-state index contributed by atoms with van der Waals surface area (Å²) in [6.45, 7) is 2.52. The zero-order valence-electron chi connectivity index (χ0n) is 12.4. The summed E-state index contributed by atoms with van der Waals surface area (Å²) < 4.78 is 29.8. The molecule has 1 aromatic heterocycles. The van der Waals surface area contributed by atoms with E-state index in [-0.39, 0.29) is 30.9 Å². The number of Topliss-reactive ketones (excluding diaryl/α,β-unsaturated/α-hetero) is 1. The third kappa shape index (κ3) is 4.35. The lowest BCUT2D eigenvalue weighted by Gasteiger charge is -2.31. The van der Waals surface area contributed by atoms with Gasteiger partial charge in [0.15, 0.2) is 5.78 Å². The fourth-order valence-corrected chi connectivity index (χ4v) is 3.70. The molecule has 2 rings (SSSR count). The summed E-state index contributed by atoms with van der Waals surface area (Å²) in [7, 11) is -3.25. The first-order valence-electron chi connectivity index (χ1n) is 6.72. The number of sulfonamides is 1. The van der Waals surface area contributed by atoms with E-state index < -0.39 is 10.0 Å². The number of carbonyl (C=O) groups excluding carboxylic acids is 2. The monoisotopic (exact) mass is 346 g/mol. The van der Waals surface area contributed by atoms with Crippen LogP contribution in [0.2, 0.25) is 0 Å². The van der Waals surface area contributed by atoms with E-state index in [0.717, 1.165) is 6.26 Å². The molecular weight excluding hydrogens is 328 g/mol. The molecule has 0 spiro atoms. The Hall–Kier alpha value is -1.29. The third-order valence-electron chi connectivity index (χ3n) is 3.27. The van der Waals surface area contributed by atoms with Gasteiger partial charge in [-0.15, -0.1) is 11.3 Å². The minimum atomic E-state index is -3.25. The predicted octanol–water partition coefficient (Wildman–Crippen LogP) is 0.341. The van der Waals surface area contributed by atoms with E-state index in [1.807, 2.05) is 0 Å². The number of nitrogens with one attached hydrogen (secondary N) is 1. The van der Waals surface area contributed by atoms with Crippen molar-refractivity contribution in [1.82, 2.24) is 9.62 Å². The first-order chi connectivity index (χ1) is 10.3. The number of rotatable bonds is 5. The molecule has 1 N–H and O–H groups in total. The lowest BCUT2D eigenvalue weighted by Crippen LogP contribution is -2.49. The molecule has 0 bridgehead atoms. The maximum absolute atomic E-state index is 12.0. The van der Waals surface area contributed by atoms with Crippen molar-refractivity contribution in [3.63, 3.8) is 0 Å². The Morgan fingerprint density at radius 1 is 1.50 bits per heavy atom. The quantitative estimate of drug-likeness (QED) is 0.776. The van der Waals surface area contributed by atoms with Gasteiger partial charge in [0.2, 0.25) is 10.0 Å². The Kier molecular flexibility index (Phi) is 5.32. The molecular formula is C13H18N2O5S2. The highest BCUT2D eigenvalue weighted by atomic mass is 32.2. The van der Waals surface area contributed by atoms with Gasteiger partial charge in [-0.2, -0.15) is 4.31 Å². The molecule has 122 valence electrons. The summed E-state index contributed by atoms with van der Waals surface area (Å²) in [5, 5.41) is 4.32. The molecule has 1 aliphatic heterocycles. The molecule has 1 atom stereocenters. The first-order valence-corrected chi connectivity index (χ1v) is 9.44. The van der Waals surface area contributed by atoms with Crippen LogP contribution in [-0.4, -0.2) is 63.0 Å². The van der Waals surface area contributed by atoms with Gasteiger partial charge in [0.25, 0.3) is 5.91 Å². The smallest absolute Gasteiger partial charge is 0.252 e. The SMILES string of the molecule is CC(=O)c1cc(C(=O)NCC2CN(S(C)(=O)=O)CCO2)cs1. The van der Waals surface area contributed by atoms with Gasteiger partial charge in [-0.25, -0.2) is 8.42 Å². The average molecular weight is 346 g/mol. The fraction of sp³-hybridized carbons (Fsp3) is 0.538. The highest BCUT2D eigenvalue weighted by Crippen LogP contribution is 2.15. The second-order valence-electron chi connectivity index (χ2n) is 5.08. The van der Waals surface area contributed by atoms with Gasteiger partial charge in [-0.05, 0) is 13.0 Å². The van der Waals surface area contributed by atoms with Crippen LogP contribution < -0.4 is 5.32 Å². The van der Waals surface area contributed by atoms with E-state index >= 15 is 0 Å². The van der Waals surface area contributed by atoms with Gasteiger partial charge in [-0.1, -0.05) is 0 Å². The zero-order chi connectivity index (χ0) is 16.3. The van der Waals surface area contributed by atoms with E-state index in [2.05, 4.69) is 5.32 Å². The molecule has 22 heavy (non-hydrogen) atoms. The number of nitrogens with zero attached hydrogens (tertiary/aromatic N) is 1. The summed E-state index contributed by atoms with van der Waals surface area (Å²) >= 11 is 1.22. The lowest BCUT2D eigenvalue weighted by molar-refractivity contribution is 0.000440. The Morgan fingerprint density at radius 3 is 2.82 bits per heavy atom. The van der Waals surface area contributed by atoms with Crippen molar-refractivity contribution >= 4 is 33.1 Å². The van der Waals surface area contributed by atoms with E-state index in [1.54, 1.807) is 11.4 Å². The van der Waals surface area contributed by atoms with Crippen molar-refractivity contribution in [1.29, 1.82) is 0 Å². The van der Waals surface area contributed by atoms with Crippen LogP contribution >= 0.6 is 11.3 Å². The normalized spacial score (nSPS) is 19.8. The van der Waals surface area contributed by atoms with E-state index in [1.165, 1.54) is 22.6 Å². The van der Waals surface area contributed by atoms with Crippen LogP contribution in [0.4, 0.5) is 0 Å². The minimum absolute atomic E-state index is 0.0801. The molecule has 0 aromatic carbocycles. The highest BCUT2D eigenvalue weighted by Gasteiger charge is 2.26. The molecule has 2 heterocycles. The third-order valence-corrected chi connectivity index (χ3v) is 5.57. The summed E-state index contributed by atoms with van der Waals surface area (Å²) in [5.74, 6) is -0.382. The Labute approximate surface area is 133 Å². The summed E-state index contributed by atoms with van der Waals surface area (Å²) in [5.41, 5.74) is 0.422. The van der Waals surface area contributed by atoms with Gasteiger partial charge in [-0.3, -0.25) is 9.59 Å². The van der Waals surface area contributed by atoms with Crippen molar-refractivity contribution < 1.29 is 22.7 Å². The maximum Gasteiger partial charge on any atom is 0.252 e. The van der Waals surface area contributed by atoms with E-state index in [0.29, 0.717) is 23.6 Å². The van der Waals surface area contributed by atoms with Gasteiger partial charge in [0.05, 0.1) is 29.4 Å². The molecule has 1 amide bonds. The van der Waals surface area contributed by atoms with Crippen molar-refractivity contribution in [2.45, 2.75) is 13.0 Å². The van der Waals surface area contributed by atoms with Crippen molar-refractivity contribution in [2.75, 3.05) is 32.5 Å². The Bertz CT molecular complexity index is 668. The van der Waals surface area contributed by atoms with Crippen LogP contribution in [0.15, 0.2) is 11.4 Å². The largest absolute Gasteiger partial charge is 0.374 e. The molecule has 1 fully saturated rings. The number of hydrogen-bond donors (Lipinski definition) is 1. The standard InChI is InChI=1S/C13H18N2O5S2/c1-9(16)12-5-10(8-21-12)13(17)14-6-11-7-15(3-4-20-11)22(2,18)19/h5,8,11H,3-4,6-7H2,1-2H3,(H,14,17). The summed E-state index contributed by atoms with van der Waals surface area (Å²) in [6, 6.07) is 1.55. The van der Waals surface area contributed by atoms with Crippen LogP contribution in [0.25, 0.3) is 0 Å². The number of hydrogen-bond acceptors (Lipinski definition) is 6. The molecule has 1 aromatic rings. The second kappa shape index (κ2) is 6.86. The van der Waals surface area contributed by atoms with Crippen molar-refractivity contribution in [2.24, 2.45) is 0 Å². The molecule has 9 heteroatoms. The van der Waals surface area contributed by atoms with Crippen LogP contribution in [-0.2, 0) is 14.8 Å². The van der Waals surface area contributed by atoms with Crippen molar-refractivity contribution in [3.05, 3.63) is 21.9 Å². The fourth-order valence-electron chi connectivity index (χ4n) is 2.07. The van der Waals surface area contributed by atoms with Gasteiger partial charge < -0.3 is 10.1 Å². The molecule has 0 radical (unpaired) electrons. The Balaban J connectivity index is 1.89. The van der Waals surface area contributed by atoms with Crippen LogP contribution in [0, 0.1) is 0 Å². The predicted molar refractivity (Wildman–Crippen MR) is 82.8 cm³/mol. The highest BCUT2D eigenvalue weighted by molar-refractivity contribution is 7.88. The molecule has 0 saturated carbocycles.